The quantitative estimate of drug-likeness (QED) is 0.485. The van der Waals surface area contributed by atoms with E-state index in [9.17, 15) is 4.79 Å². The second-order valence-electron chi connectivity index (χ2n) is 10.1. The standard InChI is InChI=1S/C24H38N8O2.2ClH/c1-34-14-20(33)31-12-10-18(11-13-31)27-22-21-23(32(15-26-21)19-4-2-3-5-19)30-24(29-22)28-17-8-6-16(25)7-9-17;;/h15-19H,2-14,25H2,1H3,(H2,27,28,29,30);2*1H. The lowest BCUT2D eigenvalue weighted by atomic mass is 9.92. The molecular formula is C24H40Cl2N8O2. The lowest BCUT2D eigenvalue weighted by Gasteiger charge is -2.32. The van der Waals surface area contributed by atoms with Crippen molar-refractivity contribution in [1.82, 2.24) is 24.4 Å². The zero-order valence-electron chi connectivity index (χ0n) is 21.0. The number of hydrogen-bond donors (Lipinski definition) is 3. The molecule has 3 fully saturated rings. The van der Waals surface area contributed by atoms with E-state index in [1.807, 2.05) is 11.2 Å². The average molecular weight is 544 g/mol. The Morgan fingerprint density at radius 1 is 1.00 bits per heavy atom. The molecule has 0 spiro atoms. The monoisotopic (exact) mass is 542 g/mol. The van der Waals surface area contributed by atoms with Gasteiger partial charge >= 0.3 is 0 Å². The number of amides is 1. The van der Waals surface area contributed by atoms with Crippen molar-refractivity contribution in [3.8, 4) is 0 Å². The molecule has 36 heavy (non-hydrogen) atoms. The molecule has 2 aromatic rings. The van der Waals surface area contributed by atoms with Gasteiger partial charge in [-0.05, 0) is 51.4 Å². The number of nitrogens with one attached hydrogen (secondary N) is 2. The van der Waals surface area contributed by atoms with Crippen LogP contribution in [0.1, 0.15) is 70.3 Å². The number of halogens is 2. The van der Waals surface area contributed by atoms with E-state index in [-0.39, 0.29) is 43.4 Å². The lowest BCUT2D eigenvalue weighted by molar-refractivity contribution is -0.136. The van der Waals surface area contributed by atoms with Crippen LogP contribution >= 0.6 is 24.8 Å². The molecule has 2 aromatic heterocycles. The number of carbonyl (C=O) groups excluding carboxylic acids is 1. The first-order valence-corrected chi connectivity index (χ1v) is 12.9. The van der Waals surface area contributed by atoms with E-state index >= 15 is 0 Å². The third-order valence-corrected chi connectivity index (χ3v) is 7.70. The van der Waals surface area contributed by atoms with E-state index in [2.05, 4.69) is 15.2 Å². The molecule has 0 radical (unpaired) electrons. The summed E-state index contributed by atoms with van der Waals surface area (Å²) in [6, 6.07) is 1.36. The number of carbonyl (C=O) groups is 1. The van der Waals surface area contributed by atoms with Crippen LogP contribution in [0, 0.1) is 0 Å². The van der Waals surface area contributed by atoms with Crippen molar-refractivity contribution < 1.29 is 9.53 Å². The fourth-order valence-electron chi connectivity index (χ4n) is 5.66. The van der Waals surface area contributed by atoms with Crippen LogP contribution in [-0.4, -0.2) is 75.3 Å². The molecule has 12 heteroatoms. The molecular weight excluding hydrogens is 503 g/mol. The number of piperidine rings is 1. The van der Waals surface area contributed by atoms with Gasteiger partial charge in [-0.2, -0.15) is 9.97 Å². The molecule has 4 N–H and O–H groups in total. The zero-order chi connectivity index (χ0) is 23.5. The maximum atomic E-state index is 12.2. The van der Waals surface area contributed by atoms with Gasteiger partial charge in [0.2, 0.25) is 11.9 Å². The van der Waals surface area contributed by atoms with Crippen molar-refractivity contribution in [2.75, 3.05) is 37.4 Å². The van der Waals surface area contributed by atoms with E-state index in [0.717, 1.165) is 68.6 Å². The Hall–Kier alpha value is -1.88. The molecule has 1 amide bonds. The van der Waals surface area contributed by atoms with Crippen LogP contribution in [0.4, 0.5) is 11.8 Å². The number of nitrogens with two attached hydrogens (primary N) is 1. The number of imidazole rings is 1. The zero-order valence-corrected chi connectivity index (χ0v) is 22.7. The Morgan fingerprint density at radius 2 is 1.67 bits per heavy atom. The van der Waals surface area contributed by atoms with Crippen LogP contribution in [0.2, 0.25) is 0 Å². The normalized spacial score (nSPS) is 23.2. The second kappa shape index (κ2) is 13.1. The Morgan fingerprint density at radius 3 is 2.33 bits per heavy atom. The number of ether oxygens (including phenoxy) is 1. The van der Waals surface area contributed by atoms with Gasteiger partial charge in [0.05, 0.1) is 6.33 Å². The van der Waals surface area contributed by atoms with Crippen LogP contribution in [0.25, 0.3) is 11.2 Å². The third kappa shape index (κ3) is 6.51. The van der Waals surface area contributed by atoms with E-state index in [4.69, 9.17) is 25.4 Å². The molecule has 10 nitrogen and oxygen atoms in total. The first-order valence-electron chi connectivity index (χ1n) is 12.9. The summed E-state index contributed by atoms with van der Waals surface area (Å²) in [5.41, 5.74) is 7.85. The maximum absolute atomic E-state index is 12.2. The number of rotatable bonds is 7. The molecule has 2 aliphatic carbocycles. The number of aromatic nitrogens is 4. The summed E-state index contributed by atoms with van der Waals surface area (Å²) in [4.78, 5) is 28.6. The summed E-state index contributed by atoms with van der Waals surface area (Å²) in [7, 11) is 1.56. The summed E-state index contributed by atoms with van der Waals surface area (Å²) in [5.74, 6) is 1.51. The largest absolute Gasteiger partial charge is 0.375 e. The van der Waals surface area contributed by atoms with Crippen LogP contribution in [0.3, 0.4) is 0 Å². The van der Waals surface area contributed by atoms with Gasteiger partial charge in [-0.25, -0.2) is 4.98 Å². The van der Waals surface area contributed by atoms with Gasteiger partial charge in [-0.3, -0.25) is 4.79 Å². The van der Waals surface area contributed by atoms with Crippen molar-refractivity contribution in [1.29, 1.82) is 0 Å². The number of hydrogen-bond acceptors (Lipinski definition) is 8. The van der Waals surface area contributed by atoms with Gasteiger partial charge in [0.15, 0.2) is 17.0 Å². The van der Waals surface area contributed by atoms with Gasteiger partial charge in [0.25, 0.3) is 0 Å². The van der Waals surface area contributed by atoms with Crippen LogP contribution < -0.4 is 16.4 Å². The molecule has 0 atom stereocenters. The molecule has 0 aromatic carbocycles. The van der Waals surface area contributed by atoms with Gasteiger partial charge in [-0.1, -0.05) is 12.8 Å². The number of likely N-dealkylation sites (tertiary alicyclic amines) is 1. The predicted molar refractivity (Wildman–Crippen MR) is 146 cm³/mol. The second-order valence-corrected chi connectivity index (χ2v) is 10.1. The molecule has 1 aliphatic heterocycles. The topological polar surface area (TPSA) is 123 Å². The highest BCUT2D eigenvalue weighted by Crippen LogP contribution is 2.33. The van der Waals surface area contributed by atoms with Gasteiger partial charge < -0.3 is 30.6 Å². The number of anilines is 2. The Bertz CT molecular complexity index is 984. The van der Waals surface area contributed by atoms with Crippen molar-refractivity contribution in [3.63, 3.8) is 0 Å². The van der Waals surface area contributed by atoms with E-state index in [1.54, 1.807) is 7.11 Å². The fraction of sp³-hybridized carbons (Fsp3) is 0.750. The van der Waals surface area contributed by atoms with Gasteiger partial charge in [0.1, 0.15) is 6.61 Å². The van der Waals surface area contributed by atoms with Crippen molar-refractivity contribution in [2.24, 2.45) is 5.73 Å². The molecule has 3 heterocycles. The summed E-state index contributed by atoms with van der Waals surface area (Å²) >= 11 is 0. The molecule has 5 rings (SSSR count). The highest BCUT2D eigenvalue weighted by Gasteiger charge is 2.27. The van der Waals surface area contributed by atoms with Crippen LogP contribution in [0.15, 0.2) is 6.33 Å². The SMILES string of the molecule is COCC(=O)N1CCC(Nc2nc(NC3CCC(N)CC3)nc3c2ncn3C2CCCC2)CC1.Cl.Cl. The van der Waals surface area contributed by atoms with E-state index < -0.39 is 0 Å². The van der Waals surface area contributed by atoms with Gasteiger partial charge in [0, 0.05) is 44.4 Å². The highest BCUT2D eigenvalue weighted by molar-refractivity contribution is 5.86. The molecule has 1 saturated heterocycles. The molecule has 2 saturated carbocycles. The first-order chi connectivity index (χ1) is 16.6. The number of methoxy groups -OCH3 is 1. The predicted octanol–water partition coefficient (Wildman–Crippen LogP) is 3.52. The summed E-state index contributed by atoms with van der Waals surface area (Å²) < 4.78 is 7.26. The minimum absolute atomic E-state index is 0. The first kappa shape index (κ1) is 28.7. The van der Waals surface area contributed by atoms with Crippen LogP contribution in [0.5, 0.6) is 0 Å². The molecule has 202 valence electrons. The highest BCUT2D eigenvalue weighted by atomic mass is 35.5. The van der Waals surface area contributed by atoms with Crippen molar-refractivity contribution in [2.45, 2.75) is 88.4 Å². The van der Waals surface area contributed by atoms with E-state index in [1.165, 1.54) is 25.7 Å². The summed E-state index contributed by atoms with van der Waals surface area (Å²) in [6.45, 7) is 1.58. The van der Waals surface area contributed by atoms with Gasteiger partial charge in [-0.15, -0.1) is 24.8 Å². The van der Waals surface area contributed by atoms with Crippen LogP contribution in [-0.2, 0) is 9.53 Å². The Balaban J connectivity index is 0.00000180. The average Bonchev–Trinajstić information content (AvgIpc) is 3.51. The Labute approximate surface area is 225 Å². The summed E-state index contributed by atoms with van der Waals surface area (Å²) in [5, 5.41) is 7.24. The minimum atomic E-state index is 0. The molecule has 3 aliphatic rings. The summed E-state index contributed by atoms with van der Waals surface area (Å²) in [6.07, 6.45) is 12.7. The Kier molecular flexibility index (Phi) is 10.4. The molecule has 0 bridgehead atoms. The molecule has 0 unspecified atom stereocenters. The van der Waals surface area contributed by atoms with Crippen molar-refractivity contribution >= 4 is 53.7 Å². The third-order valence-electron chi connectivity index (χ3n) is 7.70. The van der Waals surface area contributed by atoms with E-state index in [0.29, 0.717) is 24.1 Å². The lowest BCUT2D eigenvalue weighted by Crippen LogP contribution is -2.43. The fourth-order valence-corrected chi connectivity index (χ4v) is 5.66. The minimum Gasteiger partial charge on any atom is -0.375 e. The number of fused-ring (bicyclic) bond motifs is 1. The smallest absolute Gasteiger partial charge is 0.248 e. The maximum Gasteiger partial charge on any atom is 0.248 e. The number of nitrogens with zero attached hydrogens (tertiary/aromatic N) is 5. The van der Waals surface area contributed by atoms with Crippen molar-refractivity contribution in [3.05, 3.63) is 6.33 Å².